The quantitative estimate of drug-likeness (QED) is 0.475. The van der Waals surface area contributed by atoms with E-state index in [2.05, 4.69) is 5.32 Å². The summed E-state index contributed by atoms with van der Waals surface area (Å²) < 4.78 is 12.5. The lowest BCUT2D eigenvalue weighted by Crippen LogP contribution is -2.47. The topological polar surface area (TPSA) is 15.3 Å². The molecule has 2 saturated heterocycles. The van der Waals surface area contributed by atoms with Crippen molar-refractivity contribution in [2.45, 2.75) is 24.9 Å². The van der Waals surface area contributed by atoms with E-state index in [4.69, 9.17) is 0 Å². The second kappa shape index (κ2) is 1.92. The Balaban J connectivity index is 2.03. The van der Waals surface area contributed by atoms with Gasteiger partial charge in [-0.2, -0.15) is 0 Å². The largest absolute Gasteiger partial charge is 0.308 e. The van der Waals surface area contributed by atoms with Gasteiger partial charge in [0, 0.05) is 25.2 Å². The summed E-state index contributed by atoms with van der Waals surface area (Å²) in [5.41, 5.74) is 0. The summed E-state index contributed by atoms with van der Waals surface area (Å²) in [7, 11) is 0. The molecule has 3 heteroatoms. The molecule has 52 valence electrons. The van der Waals surface area contributed by atoms with Crippen molar-refractivity contribution < 1.29 is 4.48 Å². The Morgan fingerprint density at radius 3 is 2.33 bits per heavy atom. The fourth-order valence-electron chi connectivity index (χ4n) is 1.74. The molecule has 0 spiro atoms. The summed E-state index contributed by atoms with van der Waals surface area (Å²) in [4.78, 5) is 0. The highest BCUT2D eigenvalue weighted by Gasteiger charge is 2.31. The van der Waals surface area contributed by atoms with Gasteiger partial charge < -0.3 is 5.32 Å². The van der Waals surface area contributed by atoms with E-state index in [1.807, 2.05) is 0 Å². The van der Waals surface area contributed by atoms with Crippen LogP contribution in [-0.4, -0.2) is 30.3 Å². The summed E-state index contributed by atoms with van der Waals surface area (Å²) in [6, 6.07) is 0.877. The Morgan fingerprint density at radius 2 is 1.78 bits per heavy atom. The minimum atomic E-state index is 0.439. The summed E-state index contributed by atoms with van der Waals surface area (Å²) in [5.74, 6) is 0. The maximum absolute atomic E-state index is 12.5. The Morgan fingerprint density at radius 1 is 1.22 bits per heavy atom. The highest BCUT2D eigenvalue weighted by Crippen LogP contribution is 2.19. The first kappa shape index (κ1) is 5.62. The molecule has 9 heavy (non-hydrogen) atoms. The number of fused-ring (bicyclic) bond motifs is 2. The molecule has 0 radical (unpaired) electrons. The molecule has 0 aromatic rings. The maximum atomic E-state index is 12.5. The van der Waals surface area contributed by atoms with E-state index in [0.717, 1.165) is 18.0 Å². The lowest BCUT2D eigenvalue weighted by atomic mass is 10.2. The number of rotatable bonds is 0. The number of nitrogens with zero attached hydrogens (tertiary/aromatic N) is 1. The average Bonchev–Trinajstić information content (AvgIpc) is 2.11. The molecular weight excluding hydrogens is 119 g/mol. The van der Waals surface area contributed by atoms with Crippen LogP contribution >= 0.6 is 0 Å². The molecule has 0 amide bonds. The van der Waals surface area contributed by atoms with Crippen LogP contribution in [-0.2, 0) is 0 Å². The molecule has 2 heterocycles. The molecule has 0 aromatic heterocycles. The van der Waals surface area contributed by atoms with Crippen LogP contribution < -0.4 is 5.32 Å². The molecule has 2 nitrogen and oxygen atoms in total. The van der Waals surface area contributed by atoms with E-state index in [-0.39, 0.29) is 0 Å². The standard InChI is InChI=1S/C6H11FN2/c7-9-3-5-1-2-6(4-9)8-5/h5-6,8H,1-4H2/t5-,6?/m1/s1. The van der Waals surface area contributed by atoms with Crippen LogP contribution in [0.4, 0.5) is 4.48 Å². The number of hydrogen-bond acceptors (Lipinski definition) is 2. The van der Waals surface area contributed by atoms with Gasteiger partial charge in [0.1, 0.15) is 0 Å². The smallest absolute Gasteiger partial charge is 0.0445 e. The lowest BCUT2D eigenvalue weighted by molar-refractivity contribution is -0.00567. The van der Waals surface area contributed by atoms with Gasteiger partial charge in [0.05, 0.1) is 0 Å². The molecule has 0 aromatic carbocycles. The molecule has 2 aliphatic rings. The highest BCUT2D eigenvalue weighted by atomic mass is 19.2. The van der Waals surface area contributed by atoms with Crippen molar-refractivity contribution in [3.05, 3.63) is 0 Å². The van der Waals surface area contributed by atoms with E-state index >= 15 is 0 Å². The van der Waals surface area contributed by atoms with E-state index < -0.39 is 0 Å². The number of halogens is 1. The Hall–Kier alpha value is -0.150. The molecule has 0 aliphatic carbocycles. The van der Waals surface area contributed by atoms with Crippen LogP contribution in [0.1, 0.15) is 12.8 Å². The fourth-order valence-corrected chi connectivity index (χ4v) is 1.74. The molecule has 2 bridgehead atoms. The zero-order chi connectivity index (χ0) is 6.27. The van der Waals surface area contributed by atoms with Gasteiger partial charge in [-0.25, -0.2) is 0 Å². The maximum Gasteiger partial charge on any atom is 0.0445 e. The van der Waals surface area contributed by atoms with Crippen LogP contribution in [0.15, 0.2) is 0 Å². The second-order valence-electron chi connectivity index (χ2n) is 2.97. The van der Waals surface area contributed by atoms with Crippen LogP contribution in [0.3, 0.4) is 0 Å². The van der Waals surface area contributed by atoms with E-state index in [0.29, 0.717) is 25.2 Å². The molecule has 2 rings (SSSR count). The third-order valence-electron chi connectivity index (χ3n) is 2.17. The summed E-state index contributed by atoms with van der Waals surface area (Å²) in [6.07, 6.45) is 2.32. The van der Waals surface area contributed by atoms with Gasteiger partial charge in [0.15, 0.2) is 0 Å². The third kappa shape index (κ3) is 0.946. The highest BCUT2D eigenvalue weighted by molar-refractivity contribution is 4.90. The van der Waals surface area contributed by atoms with Crippen LogP contribution in [0, 0.1) is 0 Å². The summed E-state index contributed by atoms with van der Waals surface area (Å²) in [6.45, 7) is 1.19. The lowest BCUT2D eigenvalue weighted by Gasteiger charge is -2.25. The van der Waals surface area contributed by atoms with E-state index in [1.54, 1.807) is 0 Å². The van der Waals surface area contributed by atoms with Crippen molar-refractivity contribution in [3.8, 4) is 0 Å². The molecular formula is C6H11FN2. The first-order valence-electron chi connectivity index (χ1n) is 3.51. The SMILES string of the molecule is FN1CC2CC[C@H](C1)N2. The van der Waals surface area contributed by atoms with Crippen molar-refractivity contribution in [1.82, 2.24) is 10.4 Å². The minimum absolute atomic E-state index is 0.439. The summed E-state index contributed by atoms with van der Waals surface area (Å²) >= 11 is 0. The zero-order valence-electron chi connectivity index (χ0n) is 5.31. The molecule has 2 aliphatic heterocycles. The van der Waals surface area contributed by atoms with Crippen LogP contribution in [0.5, 0.6) is 0 Å². The van der Waals surface area contributed by atoms with Gasteiger partial charge in [-0.15, -0.1) is 9.60 Å². The average molecular weight is 130 g/mol. The number of hydrogen-bond donors (Lipinski definition) is 1. The monoisotopic (exact) mass is 130 g/mol. The molecule has 2 fully saturated rings. The number of piperazine rings is 1. The van der Waals surface area contributed by atoms with Gasteiger partial charge in [-0.3, -0.25) is 0 Å². The van der Waals surface area contributed by atoms with Gasteiger partial charge >= 0.3 is 0 Å². The zero-order valence-corrected chi connectivity index (χ0v) is 5.31. The van der Waals surface area contributed by atoms with Crippen molar-refractivity contribution >= 4 is 0 Å². The third-order valence-corrected chi connectivity index (χ3v) is 2.17. The van der Waals surface area contributed by atoms with Gasteiger partial charge in [-0.1, -0.05) is 0 Å². The Kier molecular flexibility index (Phi) is 1.20. The summed E-state index contributed by atoms with van der Waals surface area (Å²) in [5, 5.41) is 4.27. The predicted molar refractivity (Wildman–Crippen MR) is 32.6 cm³/mol. The molecule has 2 atom stereocenters. The normalized spacial score (nSPS) is 43.7. The Labute approximate surface area is 54.0 Å². The van der Waals surface area contributed by atoms with Crippen molar-refractivity contribution in [2.75, 3.05) is 13.1 Å². The molecule has 1 N–H and O–H groups in total. The van der Waals surface area contributed by atoms with Gasteiger partial charge in [0.2, 0.25) is 0 Å². The van der Waals surface area contributed by atoms with Gasteiger partial charge in [-0.05, 0) is 12.8 Å². The first-order valence-corrected chi connectivity index (χ1v) is 3.51. The van der Waals surface area contributed by atoms with Crippen LogP contribution in [0.25, 0.3) is 0 Å². The first-order chi connectivity index (χ1) is 4.34. The van der Waals surface area contributed by atoms with Crippen LogP contribution in [0.2, 0.25) is 0 Å². The molecule has 1 unspecified atom stereocenters. The fraction of sp³-hybridized carbons (Fsp3) is 1.00. The van der Waals surface area contributed by atoms with Gasteiger partial charge in [0.25, 0.3) is 0 Å². The van der Waals surface area contributed by atoms with Crippen molar-refractivity contribution in [3.63, 3.8) is 0 Å². The predicted octanol–water partition coefficient (Wildman–Crippen LogP) is 0.307. The minimum Gasteiger partial charge on any atom is -0.308 e. The van der Waals surface area contributed by atoms with E-state index in [9.17, 15) is 4.48 Å². The second-order valence-corrected chi connectivity index (χ2v) is 2.97. The van der Waals surface area contributed by atoms with Crippen molar-refractivity contribution in [2.24, 2.45) is 0 Å². The van der Waals surface area contributed by atoms with Crippen molar-refractivity contribution in [1.29, 1.82) is 0 Å². The number of nitrogens with one attached hydrogen (secondary N) is 1. The van der Waals surface area contributed by atoms with E-state index in [1.165, 1.54) is 0 Å². The Bertz CT molecular complexity index is 106. The molecule has 0 saturated carbocycles.